The van der Waals surface area contributed by atoms with Crippen molar-refractivity contribution in [2.75, 3.05) is 20.6 Å². The highest BCUT2D eigenvalue weighted by Gasteiger charge is 2.34. The first-order chi connectivity index (χ1) is 10.7. The summed E-state index contributed by atoms with van der Waals surface area (Å²) < 4.78 is 0. The van der Waals surface area contributed by atoms with Gasteiger partial charge in [-0.25, -0.2) is 0 Å². The van der Waals surface area contributed by atoms with Crippen molar-refractivity contribution in [2.24, 2.45) is 5.73 Å². The molecule has 3 heteroatoms. The molecule has 0 amide bonds. The summed E-state index contributed by atoms with van der Waals surface area (Å²) in [5, 5.41) is 0. The van der Waals surface area contributed by atoms with Crippen molar-refractivity contribution < 1.29 is 0 Å². The van der Waals surface area contributed by atoms with Crippen LogP contribution in [0.3, 0.4) is 0 Å². The highest BCUT2D eigenvalue weighted by atomic mass is 15.2. The zero-order valence-corrected chi connectivity index (χ0v) is 14.2. The molecule has 1 atom stereocenters. The van der Waals surface area contributed by atoms with Gasteiger partial charge >= 0.3 is 0 Å². The van der Waals surface area contributed by atoms with Crippen LogP contribution in [0.2, 0.25) is 0 Å². The van der Waals surface area contributed by atoms with Crippen molar-refractivity contribution in [2.45, 2.75) is 63.7 Å². The quantitative estimate of drug-likeness (QED) is 0.866. The topological polar surface area (TPSA) is 32.5 Å². The second-order valence-corrected chi connectivity index (χ2v) is 7.34. The smallest absolute Gasteiger partial charge is 0.0480 e. The minimum atomic E-state index is 0.431. The molecule has 0 saturated heterocycles. The van der Waals surface area contributed by atoms with Gasteiger partial charge in [-0.3, -0.25) is 4.90 Å². The van der Waals surface area contributed by atoms with Gasteiger partial charge in [0.15, 0.2) is 0 Å². The number of fused-ring (bicyclic) bond motifs is 1. The molecule has 1 aromatic rings. The van der Waals surface area contributed by atoms with Crippen LogP contribution >= 0.6 is 0 Å². The molecule has 0 radical (unpaired) electrons. The van der Waals surface area contributed by atoms with Gasteiger partial charge in [-0.1, -0.05) is 43.9 Å². The van der Waals surface area contributed by atoms with E-state index in [1.54, 1.807) is 0 Å². The zero-order chi connectivity index (χ0) is 15.5. The van der Waals surface area contributed by atoms with Crippen molar-refractivity contribution >= 4 is 0 Å². The summed E-state index contributed by atoms with van der Waals surface area (Å²) in [5.41, 5.74) is 10.6. The van der Waals surface area contributed by atoms with Gasteiger partial charge in [0, 0.05) is 31.7 Å². The SMILES string of the molecule is CN(C)Cc1ccc2c(c1)C(CN)N(C1CCCCCC1)C2. The normalized spacial score (nSPS) is 23.7. The fourth-order valence-corrected chi connectivity index (χ4v) is 4.28. The molecule has 1 aliphatic heterocycles. The third kappa shape index (κ3) is 3.37. The van der Waals surface area contributed by atoms with Crippen LogP contribution in [-0.4, -0.2) is 36.5 Å². The lowest BCUT2D eigenvalue weighted by Gasteiger charge is -2.32. The lowest BCUT2D eigenvalue weighted by molar-refractivity contribution is 0.135. The predicted molar refractivity (Wildman–Crippen MR) is 92.7 cm³/mol. The standard InChI is InChI=1S/C19H31N3/c1-21(2)13-15-9-10-16-14-22(19(12-20)18(16)11-15)17-7-5-3-4-6-8-17/h9-11,17,19H,3-8,12-14,20H2,1-2H3. The Kier molecular flexibility index (Phi) is 5.17. The minimum absolute atomic E-state index is 0.431. The second-order valence-electron chi connectivity index (χ2n) is 7.34. The largest absolute Gasteiger partial charge is 0.329 e. The van der Waals surface area contributed by atoms with Gasteiger partial charge < -0.3 is 10.6 Å². The van der Waals surface area contributed by atoms with Crippen LogP contribution < -0.4 is 5.73 Å². The molecular formula is C19H31N3. The number of benzene rings is 1. The van der Waals surface area contributed by atoms with E-state index in [-0.39, 0.29) is 0 Å². The van der Waals surface area contributed by atoms with Gasteiger partial charge in [0.2, 0.25) is 0 Å². The molecule has 122 valence electrons. The molecular weight excluding hydrogens is 270 g/mol. The maximum atomic E-state index is 6.18. The Morgan fingerprint density at radius 1 is 1.14 bits per heavy atom. The average molecular weight is 301 g/mol. The van der Waals surface area contributed by atoms with Crippen LogP contribution in [0.4, 0.5) is 0 Å². The van der Waals surface area contributed by atoms with Gasteiger partial charge in [-0.15, -0.1) is 0 Å². The lowest BCUT2D eigenvalue weighted by Crippen LogP contribution is -2.36. The summed E-state index contributed by atoms with van der Waals surface area (Å²) in [6, 6.07) is 8.21. The molecule has 0 bridgehead atoms. The van der Waals surface area contributed by atoms with Crippen molar-refractivity contribution in [1.82, 2.24) is 9.80 Å². The molecule has 1 fully saturated rings. The first kappa shape index (κ1) is 16.0. The van der Waals surface area contributed by atoms with Gasteiger partial charge in [-0.05, 0) is 43.6 Å². The Morgan fingerprint density at radius 3 is 2.50 bits per heavy atom. The first-order valence-corrected chi connectivity index (χ1v) is 8.91. The van der Waals surface area contributed by atoms with E-state index < -0.39 is 0 Å². The van der Waals surface area contributed by atoms with E-state index in [1.807, 2.05) is 0 Å². The Bertz CT molecular complexity index is 489. The third-order valence-electron chi connectivity index (χ3n) is 5.34. The predicted octanol–water partition coefficient (Wildman–Crippen LogP) is 3.29. The maximum Gasteiger partial charge on any atom is 0.0480 e. The second kappa shape index (κ2) is 7.12. The molecule has 1 aliphatic carbocycles. The minimum Gasteiger partial charge on any atom is -0.329 e. The fraction of sp³-hybridized carbons (Fsp3) is 0.684. The van der Waals surface area contributed by atoms with Gasteiger partial charge in [-0.2, -0.15) is 0 Å². The molecule has 1 aromatic carbocycles. The maximum absolute atomic E-state index is 6.18. The van der Waals surface area contributed by atoms with Gasteiger partial charge in [0.25, 0.3) is 0 Å². The summed E-state index contributed by atoms with van der Waals surface area (Å²) in [6.07, 6.45) is 8.32. The van der Waals surface area contributed by atoms with Crippen LogP contribution in [0.5, 0.6) is 0 Å². The number of hydrogen-bond acceptors (Lipinski definition) is 3. The molecule has 1 unspecified atom stereocenters. The Morgan fingerprint density at radius 2 is 1.86 bits per heavy atom. The Balaban J connectivity index is 1.80. The Labute approximate surface area is 135 Å². The van der Waals surface area contributed by atoms with E-state index in [2.05, 4.69) is 42.1 Å². The summed E-state index contributed by atoms with van der Waals surface area (Å²) in [5.74, 6) is 0. The van der Waals surface area contributed by atoms with E-state index in [9.17, 15) is 0 Å². The lowest BCUT2D eigenvalue weighted by atomic mass is 10.0. The molecule has 3 rings (SSSR count). The molecule has 22 heavy (non-hydrogen) atoms. The third-order valence-corrected chi connectivity index (χ3v) is 5.34. The van der Waals surface area contributed by atoms with E-state index in [1.165, 1.54) is 55.2 Å². The Hall–Kier alpha value is -0.900. The van der Waals surface area contributed by atoms with Crippen LogP contribution in [0.15, 0.2) is 18.2 Å². The first-order valence-electron chi connectivity index (χ1n) is 8.91. The van der Waals surface area contributed by atoms with E-state index in [0.717, 1.165) is 25.7 Å². The van der Waals surface area contributed by atoms with Crippen molar-refractivity contribution in [3.8, 4) is 0 Å². The van der Waals surface area contributed by atoms with Crippen LogP contribution in [-0.2, 0) is 13.1 Å². The number of hydrogen-bond donors (Lipinski definition) is 1. The molecule has 1 saturated carbocycles. The summed E-state index contributed by atoms with van der Waals surface area (Å²) in [7, 11) is 4.26. The number of nitrogens with zero attached hydrogens (tertiary/aromatic N) is 2. The van der Waals surface area contributed by atoms with Crippen LogP contribution in [0.25, 0.3) is 0 Å². The van der Waals surface area contributed by atoms with E-state index in [4.69, 9.17) is 5.73 Å². The molecule has 2 N–H and O–H groups in total. The van der Waals surface area contributed by atoms with Crippen LogP contribution in [0.1, 0.15) is 61.3 Å². The highest BCUT2D eigenvalue weighted by molar-refractivity contribution is 5.38. The van der Waals surface area contributed by atoms with Gasteiger partial charge in [0.05, 0.1) is 0 Å². The molecule has 1 heterocycles. The molecule has 2 aliphatic rings. The zero-order valence-electron chi connectivity index (χ0n) is 14.2. The molecule has 0 spiro atoms. The number of nitrogens with two attached hydrogens (primary N) is 1. The van der Waals surface area contributed by atoms with Crippen molar-refractivity contribution in [3.05, 3.63) is 34.9 Å². The van der Waals surface area contributed by atoms with Crippen molar-refractivity contribution in [1.29, 1.82) is 0 Å². The summed E-state index contributed by atoms with van der Waals surface area (Å²) in [4.78, 5) is 4.94. The van der Waals surface area contributed by atoms with Gasteiger partial charge in [0.1, 0.15) is 0 Å². The highest BCUT2D eigenvalue weighted by Crippen LogP contribution is 2.38. The summed E-state index contributed by atoms with van der Waals surface area (Å²) in [6.45, 7) is 2.85. The fourth-order valence-electron chi connectivity index (χ4n) is 4.28. The van der Waals surface area contributed by atoms with E-state index >= 15 is 0 Å². The molecule has 0 aromatic heterocycles. The molecule has 3 nitrogen and oxygen atoms in total. The van der Waals surface area contributed by atoms with E-state index in [0.29, 0.717) is 6.04 Å². The average Bonchev–Trinajstić information content (AvgIpc) is 2.67. The van der Waals surface area contributed by atoms with Crippen LogP contribution in [0, 0.1) is 0 Å². The summed E-state index contributed by atoms with van der Waals surface area (Å²) >= 11 is 0. The monoisotopic (exact) mass is 301 g/mol. The number of rotatable bonds is 4. The van der Waals surface area contributed by atoms with Crippen molar-refractivity contribution in [3.63, 3.8) is 0 Å².